The van der Waals surface area contributed by atoms with Gasteiger partial charge in [-0.05, 0) is 55.2 Å². The van der Waals surface area contributed by atoms with Gasteiger partial charge in [0, 0.05) is 17.3 Å². The van der Waals surface area contributed by atoms with E-state index < -0.39 is 0 Å². The Labute approximate surface area is 152 Å². The van der Waals surface area contributed by atoms with Gasteiger partial charge < -0.3 is 10.2 Å². The number of nitrogens with zero attached hydrogens (tertiary/aromatic N) is 1. The van der Waals surface area contributed by atoms with E-state index in [1.54, 1.807) is 12.1 Å². The van der Waals surface area contributed by atoms with Crippen LogP contribution < -0.4 is 5.32 Å². The number of halogens is 2. The molecule has 0 radical (unpaired) electrons. The SMILES string of the molecule is Cc1ccc(NC(=O)N2CCCCCC2c2cccc(F)c2)cc1Cl. The molecule has 1 aliphatic rings. The molecule has 132 valence electrons. The molecule has 25 heavy (non-hydrogen) atoms. The van der Waals surface area contributed by atoms with Gasteiger partial charge in [-0.2, -0.15) is 0 Å². The molecule has 0 spiro atoms. The van der Waals surface area contributed by atoms with Gasteiger partial charge in [0.05, 0.1) is 6.04 Å². The van der Waals surface area contributed by atoms with Crippen LogP contribution in [-0.2, 0) is 0 Å². The normalized spacial score (nSPS) is 17.9. The van der Waals surface area contributed by atoms with E-state index in [0.717, 1.165) is 36.8 Å². The average molecular weight is 361 g/mol. The van der Waals surface area contributed by atoms with E-state index in [0.29, 0.717) is 17.3 Å². The molecule has 1 unspecified atom stereocenters. The van der Waals surface area contributed by atoms with Crippen LogP contribution in [0.2, 0.25) is 5.02 Å². The molecule has 0 aliphatic carbocycles. The van der Waals surface area contributed by atoms with Crippen LogP contribution in [0.5, 0.6) is 0 Å². The summed E-state index contributed by atoms with van der Waals surface area (Å²) in [6, 6.07) is 11.7. The molecule has 0 aromatic heterocycles. The quantitative estimate of drug-likeness (QED) is 0.706. The Morgan fingerprint density at radius 2 is 2.04 bits per heavy atom. The first kappa shape index (κ1) is 17.7. The maximum Gasteiger partial charge on any atom is 0.322 e. The monoisotopic (exact) mass is 360 g/mol. The molecule has 2 aromatic rings. The summed E-state index contributed by atoms with van der Waals surface area (Å²) in [5.41, 5.74) is 2.48. The summed E-state index contributed by atoms with van der Waals surface area (Å²) >= 11 is 6.14. The number of anilines is 1. The van der Waals surface area contributed by atoms with E-state index in [9.17, 15) is 9.18 Å². The molecule has 1 aliphatic heterocycles. The summed E-state index contributed by atoms with van der Waals surface area (Å²) in [5, 5.41) is 3.55. The first-order chi connectivity index (χ1) is 12.0. The number of urea groups is 1. The van der Waals surface area contributed by atoms with Crippen LogP contribution in [0.4, 0.5) is 14.9 Å². The highest BCUT2D eigenvalue weighted by atomic mass is 35.5. The largest absolute Gasteiger partial charge is 0.322 e. The van der Waals surface area contributed by atoms with Gasteiger partial charge in [-0.15, -0.1) is 0 Å². The number of hydrogen-bond acceptors (Lipinski definition) is 1. The van der Waals surface area contributed by atoms with Crippen LogP contribution >= 0.6 is 11.6 Å². The molecule has 0 saturated carbocycles. The molecule has 1 saturated heterocycles. The van der Waals surface area contributed by atoms with Crippen molar-refractivity contribution in [1.29, 1.82) is 0 Å². The van der Waals surface area contributed by atoms with Crippen molar-refractivity contribution >= 4 is 23.3 Å². The minimum Gasteiger partial charge on any atom is -0.317 e. The fourth-order valence-electron chi connectivity index (χ4n) is 3.28. The lowest BCUT2D eigenvalue weighted by Gasteiger charge is -2.30. The lowest BCUT2D eigenvalue weighted by molar-refractivity contribution is 0.189. The molecule has 1 heterocycles. The van der Waals surface area contributed by atoms with Crippen LogP contribution in [0.25, 0.3) is 0 Å². The van der Waals surface area contributed by atoms with Gasteiger partial charge in [-0.25, -0.2) is 9.18 Å². The number of aryl methyl sites for hydroxylation is 1. The molecule has 3 nitrogen and oxygen atoms in total. The van der Waals surface area contributed by atoms with Gasteiger partial charge >= 0.3 is 6.03 Å². The minimum atomic E-state index is -0.271. The minimum absolute atomic E-state index is 0.112. The highest BCUT2D eigenvalue weighted by Gasteiger charge is 2.27. The summed E-state index contributed by atoms with van der Waals surface area (Å²) < 4.78 is 13.6. The summed E-state index contributed by atoms with van der Waals surface area (Å²) in [7, 11) is 0. The zero-order chi connectivity index (χ0) is 17.8. The molecular weight excluding hydrogens is 339 g/mol. The zero-order valence-electron chi connectivity index (χ0n) is 14.3. The Balaban J connectivity index is 1.82. The fourth-order valence-corrected chi connectivity index (χ4v) is 3.46. The molecule has 1 N–H and O–H groups in total. The standard InChI is InChI=1S/C20H22ClFN2O/c1-14-9-10-17(13-18(14)21)23-20(25)24-11-4-2-3-8-19(24)15-6-5-7-16(22)12-15/h5-7,9-10,12-13,19H,2-4,8,11H2,1H3,(H,23,25). The van der Waals surface area contributed by atoms with Crippen LogP contribution in [-0.4, -0.2) is 17.5 Å². The Bertz CT molecular complexity index is 765. The lowest BCUT2D eigenvalue weighted by Crippen LogP contribution is -2.38. The average Bonchev–Trinajstić information content (AvgIpc) is 2.84. The second kappa shape index (κ2) is 7.87. The third-order valence-electron chi connectivity index (χ3n) is 4.67. The molecule has 3 rings (SSSR count). The molecule has 2 aromatic carbocycles. The second-order valence-corrected chi connectivity index (χ2v) is 6.91. The lowest BCUT2D eigenvalue weighted by atomic mass is 10.0. The van der Waals surface area contributed by atoms with Gasteiger partial charge in [0.2, 0.25) is 0 Å². The van der Waals surface area contributed by atoms with Crippen molar-refractivity contribution in [1.82, 2.24) is 4.90 Å². The topological polar surface area (TPSA) is 32.3 Å². The highest BCUT2D eigenvalue weighted by molar-refractivity contribution is 6.31. The molecular formula is C20H22ClFN2O. The Kier molecular flexibility index (Phi) is 5.59. The highest BCUT2D eigenvalue weighted by Crippen LogP contribution is 2.31. The number of carbonyl (C=O) groups is 1. The van der Waals surface area contributed by atoms with Gasteiger partial charge in [-0.3, -0.25) is 0 Å². The maximum atomic E-state index is 13.6. The first-order valence-electron chi connectivity index (χ1n) is 8.64. The molecule has 1 fully saturated rings. The summed E-state index contributed by atoms with van der Waals surface area (Å²) in [4.78, 5) is 14.7. The number of rotatable bonds is 2. The van der Waals surface area contributed by atoms with Crippen LogP contribution in [0, 0.1) is 12.7 Å². The number of nitrogens with one attached hydrogen (secondary N) is 1. The first-order valence-corrected chi connectivity index (χ1v) is 9.01. The van der Waals surface area contributed by atoms with Crippen molar-refractivity contribution in [3.05, 3.63) is 64.4 Å². The molecule has 5 heteroatoms. The Hall–Kier alpha value is -2.07. The summed E-state index contributed by atoms with van der Waals surface area (Å²) in [6.07, 6.45) is 3.90. The number of carbonyl (C=O) groups excluding carboxylic acids is 1. The third-order valence-corrected chi connectivity index (χ3v) is 5.08. The zero-order valence-corrected chi connectivity index (χ0v) is 15.0. The van der Waals surface area contributed by atoms with Gasteiger partial charge in [0.25, 0.3) is 0 Å². The predicted molar refractivity (Wildman–Crippen MR) is 99.5 cm³/mol. The molecule has 1 atom stereocenters. The number of likely N-dealkylation sites (tertiary alicyclic amines) is 1. The third kappa shape index (κ3) is 4.31. The number of hydrogen-bond donors (Lipinski definition) is 1. The van der Waals surface area contributed by atoms with E-state index >= 15 is 0 Å². The van der Waals surface area contributed by atoms with E-state index in [-0.39, 0.29) is 17.9 Å². The van der Waals surface area contributed by atoms with Crippen molar-refractivity contribution in [3.8, 4) is 0 Å². The van der Waals surface area contributed by atoms with Gasteiger partial charge in [0.15, 0.2) is 0 Å². The van der Waals surface area contributed by atoms with E-state index in [1.807, 2.05) is 30.0 Å². The Morgan fingerprint density at radius 1 is 1.20 bits per heavy atom. The maximum absolute atomic E-state index is 13.6. The number of amides is 2. The van der Waals surface area contributed by atoms with E-state index in [2.05, 4.69) is 5.32 Å². The molecule has 2 amide bonds. The van der Waals surface area contributed by atoms with Crippen molar-refractivity contribution in [2.45, 2.75) is 38.6 Å². The number of benzene rings is 2. The van der Waals surface area contributed by atoms with Crippen molar-refractivity contribution in [2.24, 2.45) is 0 Å². The fraction of sp³-hybridized carbons (Fsp3) is 0.350. The van der Waals surface area contributed by atoms with E-state index in [4.69, 9.17) is 11.6 Å². The van der Waals surface area contributed by atoms with Crippen molar-refractivity contribution < 1.29 is 9.18 Å². The summed E-state index contributed by atoms with van der Waals surface area (Å²) in [6.45, 7) is 2.58. The molecule has 0 bridgehead atoms. The predicted octanol–water partition coefficient (Wildman–Crippen LogP) is 5.94. The van der Waals surface area contributed by atoms with Crippen molar-refractivity contribution in [3.63, 3.8) is 0 Å². The van der Waals surface area contributed by atoms with E-state index in [1.165, 1.54) is 12.1 Å². The van der Waals surface area contributed by atoms with Crippen LogP contribution in [0.3, 0.4) is 0 Å². The van der Waals surface area contributed by atoms with Crippen LogP contribution in [0.15, 0.2) is 42.5 Å². The van der Waals surface area contributed by atoms with Gasteiger partial charge in [-0.1, -0.05) is 42.6 Å². The second-order valence-electron chi connectivity index (χ2n) is 6.51. The van der Waals surface area contributed by atoms with Crippen molar-refractivity contribution in [2.75, 3.05) is 11.9 Å². The van der Waals surface area contributed by atoms with Gasteiger partial charge in [0.1, 0.15) is 5.82 Å². The smallest absolute Gasteiger partial charge is 0.317 e. The van der Waals surface area contributed by atoms with Crippen LogP contribution in [0.1, 0.15) is 42.9 Å². The Morgan fingerprint density at radius 3 is 2.80 bits per heavy atom. The summed E-state index contributed by atoms with van der Waals surface area (Å²) in [5.74, 6) is -0.271.